The molecule has 0 atom stereocenters. The highest BCUT2D eigenvalue weighted by molar-refractivity contribution is 5.74. The van der Waals surface area contributed by atoms with E-state index in [1.54, 1.807) is 0 Å². The zero-order valence-corrected chi connectivity index (χ0v) is 13.8. The molecule has 0 heterocycles. The van der Waals surface area contributed by atoms with Crippen LogP contribution in [0, 0.1) is 27.7 Å². The van der Waals surface area contributed by atoms with E-state index >= 15 is 0 Å². The molecule has 0 aromatic heterocycles. The van der Waals surface area contributed by atoms with Gasteiger partial charge in [0.25, 0.3) is 0 Å². The van der Waals surface area contributed by atoms with Crippen molar-refractivity contribution < 1.29 is 0 Å². The van der Waals surface area contributed by atoms with Gasteiger partial charge >= 0.3 is 0 Å². The van der Waals surface area contributed by atoms with Gasteiger partial charge in [0, 0.05) is 17.9 Å². The fourth-order valence-corrected chi connectivity index (χ4v) is 2.80. The van der Waals surface area contributed by atoms with Crippen LogP contribution in [0.15, 0.2) is 24.3 Å². The van der Waals surface area contributed by atoms with Gasteiger partial charge in [0.15, 0.2) is 0 Å². The maximum Gasteiger partial charge on any atom is 0.0400 e. The SMILES string of the molecule is CCCNc1c(C)cc(-c2cc(C)c(N)c(C)c2)cc1C. The standard InChI is InChI=1S/C19H26N2/c1-6-7-21-19-14(4)10-17(11-15(19)5)16-8-12(2)18(20)13(3)9-16/h8-11,21H,6-7,20H2,1-5H3. The number of anilines is 2. The Labute approximate surface area is 128 Å². The Bertz CT molecular complexity index is 611. The molecule has 0 aliphatic heterocycles. The van der Waals surface area contributed by atoms with E-state index in [-0.39, 0.29) is 0 Å². The summed E-state index contributed by atoms with van der Waals surface area (Å²) in [5.74, 6) is 0. The van der Waals surface area contributed by atoms with Gasteiger partial charge in [-0.3, -0.25) is 0 Å². The predicted octanol–water partition coefficient (Wildman–Crippen LogP) is 4.99. The maximum absolute atomic E-state index is 6.06. The lowest BCUT2D eigenvalue weighted by Gasteiger charge is -2.16. The fourth-order valence-electron chi connectivity index (χ4n) is 2.80. The van der Waals surface area contributed by atoms with Crippen molar-refractivity contribution in [1.82, 2.24) is 0 Å². The molecule has 21 heavy (non-hydrogen) atoms. The maximum atomic E-state index is 6.06. The van der Waals surface area contributed by atoms with Crippen LogP contribution in [0.1, 0.15) is 35.6 Å². The van der Waals surface area contributed by atoms with Crippen molar-refractivity contribution in [3.63, 3.8) is 0 Å². The molecule has 0 aliphatic carbocycles. The molecule has 0 aliphatic rings. The first-order valence-corrected chi connectivity index (χ1v) is 7.66. The molecular weight excluding hydrogens is 256 g/mol. The number of nitrogens with one attached hydrogen (secondary N) is 1. The summed E-state index contributed by atoms with van der Waals surface area (Å²) in [5, 5.41) is 3.52. The third kappa shape index (κ3) is 3.21. The molecule has 0 unspecified atom stereocenters. The van der Waals surface area contributed by atoms with E-state index in [0.717, 1.165) is 29.8 Å². The number of nitrogen functional groups attached to an aromatic ring is 1. The van der Waals surface area contributed by atoms with Gasteiger partial charge in [-0.05, 0) is 91.8 Å². The minimum atomic E-state index is 0.897. The van der Waals surface area contributed by atoms with Crippen LogP contribution in [0.4, 0.5) is 11.4 Å². The van der Waals surface area contributed by atoms with Crippen LogP contribution in [0.3, 0.4) is 0 Å². The van der Waals surface area contributed by atoms with Crippen LogP contribution in [0.5, 0.6) is 0 Å². The van der Waals surface area contributed by atoms with Gasteiger partial charge in [-0.2, -0.15) is 0 Å². The van der Waals surface area contributed by atoms with Gasteiger partial charge in [-0.25, -0.2) is 0 Å². The van der Waals surface area contributed by atoms with Crippen LogP contribution in [-0.2, 0) is 0 Å². The molecule has 0 fully saturated rings. The zero-order chi connectivity index (χ0) is 15.6. The molecule has 0 spiro atoms. The molecule has 0 bridgehead atoms. The summed E-state index contributed by atoms with van der Waals surface area (Å²) in [6, 6.07) is 8.87. The lowest BCUT2D eigenvalue weighted by atomic mass is 9.95. The number of hydrogen-bond acceptors (Lipinski definition) is 2. The summed E-state index contributed by atoms with van der Waals surface area (Å²) in [4.78, 5) is 0. The molecular formula is C19H26N2. The number of benzene rings is 2. The molecule has 3 N–H and O–H groups in total. The van der Waals surface area contributed by atoms with Crippen LogP contribution >= 0.6 is 0 Å². The van der Waals surface area contributed by atoms with Crippen molar-refractivity contribution in [1.29, 1.82) is 0 Å². The number of nitrogens with two attached hydrogens (primary N) is 1. The molecule has 0 radical (unpaired) electrons. The van der Waals surface area contributed by atoms with Crippen molar-refractivity contribution in [2.24, 2.45) is 0 Å². The Morgan fingerprint density at radius 1 is 0.810 bits per heavy atom. The molecule has 2 nitrogen and oxygen atoms in total. The van der Waals surface area contributed by atoms with Gasteiger partial charge in [0.05, 0.1) is 0 Å². The Hall–Kier alpha value is -1.96. The second-order valence-corrected chi connectivity index (χ2v) is 5.94. The predicted molar refractivity (Wildman–Crippen MR) is 94.0 cm³/mol. The number of aryl methyl sites for hydroxylation is 4. The van der Waals surface area contributed by atoms with Gasteiger partial charge < -0.3 is 11.1 Å². The minimum Gasteiger partial charge on any atom is -0.398 e. The van der Waals surface area contributed by atoms with E-state index in [4.69, 9.17) is 5.73 Å². The van der Waals surface area contributed by atoms with Gasteiger partial charge in [-0.1, -0.05) is 6.92 Å². The van der Waals surface area contributed by atoms with Gasteiger partial charge in [0.2, 0.25) is 0 Å². The first-order chi connectivity index (χ1) is 9.93. The minimum absolute atomic E-state index is 0.897. The largest absolute Gasteiger partial charge is 0.398 e. The van der Waals surface area contributed by atoms with Crippen LogP contribution < -0.4 is 11.1 Å². The molecule has 2 aromatic carbocycles. The lowest BCUT2D eigenvalue weighted by molar-refractivity contribution is 0.975. The molecule has 2 aromatic rings. The van der Waals surface area contributed by atoms with Crippen molar-refractivity contribution in [3.05, 3.63) is 46.5 Å². The van der Waals surface area contributed by atoms with E-state index in [1.807, 2.05) is 0 Å². The topological polar surface area (TPSA) is 38.0 Å². The lowest BCUT2D eigenvalue weighted by Crippen LogP contribution is -2.04. The summed E-state index contributed by atoms with van der Waals surface area (Å²) in [6.07, 6.45) is 1.14. The highest BCUT2D eigenvalue weighted by atomic mass is 14.9. The Kier molecular flexibility index (Phi) is 4.56. The quantitative estimate of drug-likeness (QED) is 0.775. The number of rotatable bonds is 4. The highest BCUT2D eigenvalue weighted by Crippen LogP contribution is 2.31. The number of hydrogen-bond donors (Lipinski definition) is 2. The van der Waals surface area contributed by atoms with Crippen LogP contribution in [-0.4, -0.2) is 6.54 Å². The van der Waals surface area contributed by atoms with Crippen molar-refractivity contribution >= 4 is 11.4 Å². The molecule has 112 valence electrons. The third-order valence-electron chi connectivity index (χ3n) is 4.01. The van der Waals surface area contributed by atoms with Crippen molar-refractivity contribution in [2.45, 2.75) is 41.0 Å². The smallest absolute Gasteiger partial charge is 0.0400 e. The summed E-state index contributed by atoms with van der Waals surface area (Å²) in [7, 11) is 0. The first kappa shape index (κ1) is 15.4. The molecule has 2 heteroatoms. The van der Waals surface area contributed by atoms with E-state index in [2.05, 4.69) is 64.2 Å². The zero-order valence-electron chi connectivity index (χ0n) is 13.8. The second kappa shape index (κ2) is 6.21. The highest BCUT2D eigenvalue weighted by Gasteiger charge is 2.08. The van der Waals surface area contributed by atoms with Crippen molar-refractivity contribution in [2.75, 3.05) is 17.6 Å². The van der Waals surface area contributed by atoms with E-state index in [1.165, 1.54) is 27.9 Å². The monoisotopic (exact) mass is 282 g/mol. The molecule has 2 rings (SSSR count). The Morgan fingerprint density at radius 2 is 1.24 bits per heavy atom. The average Bonchev–Trinajstić information content (AvgIpc) is 2.43. The third-order valence-corrected chi connectivity index (χ3v) is 4.01. The Balaban J connectivity index is 2.46. The van der Waals surface area contributed by atoms with E-state index < -0.39 is 0 Å². The summed E-state index contributed by atoms with van der Waals surface area (Å²) in [5.41, 5.74) is 15.6. The summed E-state index contributed by atoms with van der Waals surface area (Å²) in [6.45, 7) is 11.7. The summed E-state index contributed by atoms with van der Waals surface area (Å²) < 4.78 is 0. The van der Waals surface area contributed by atoms with E-state index in [0.29, 0.717) is 0 Å². The Morgan fingerprint density at radius 3 is 1.67 bits per heavy atom. The fraction of sp³-hybridized carbons (Fsp3) is 0.368. The average molecular weight is 282 g/mol. The normalized spacial score (nSPS) is 10.7. The van der Waals surface area contributed by atoms with Gasteiger partial charge in [-0.15, -0.1) is 0 Å². The van der Waals surface area contributed by atoms with E-state index in [9.17, 15) is 0 Å². The van der Waals surface area contributed by atoms with Crippen LogP contribution in [0.25, 0.3) is 11.1 Å². The molecule has 0 saturated heterocycles. The molecule has 0 saturated carbocycles. The summed E-state index contributed by atoms with van der Waals surface area (Å²) >= 11 is 0. The van der Waals surface area contributed by atoms with Gasteiger partial charge in [0.1, 0.15) is 0 Å². The van der Waals surface area contributed by atoms with Crippen LogP contribution in [0.2, 0.25) is 0 Å². The first-order valence-electron chi connectivity index (χ1n) is 7.66. The second-order valence-electron chi connectivity index (χ2n) is 5.94. The van der Waals surface area contributed by atoms with Crippen molar-refractivity contribution in [3.8, 4) is 11.1 Å². The molecule has 0 amide bonds.